The Morgan fingerprint density at radius 2 is 1.89 bits per heavy atom. The minimum Gasteiger partial charge on any atom is -0.312 e. The van der Waals surface area contributed by atoms with Crippen molar-refractivity contribution in [2.45, 2.75) is 13.0 Å². The average molecular weight is 251 g/mol. The van der Waals surface area contributed by atoms with Gasteiger partial charge in [-0.2, -0.15) is 5.10 Å². The fraction of sp³-hybridized carbons (Fsp3) is 0.188. The van der Waals surface area contributed by atoms with Crippen LogP contribution in [0.15, 0.2) is 54.7 Å². The zero-order chi connectivity index (χ0) is 12.9. The second-order valence-electron chi connectivity index (χ2n) is 4.70. The highest BCUT2D eigenvalue weighted by atomic mass is 15.1. The Balaban J connectivity index is 1.52. The molecule has 2 aromatic carbocycles. The van der Waals surface area contributed by atoms with E-state index in [9.17, 15) is 0 Å². The van der Waals surface area contributed by atoms with Crippen molar-refractivity contribution in [3.63, 3.8) is 0 Å². The first-order chi connectivity index (χ1) is 9.42. The molecular weight excluding hydrogens is 234 g/mol. The van der Waals surface area contributed by atoms with Gasteiger partial charge in [-0.15, -0.1) is 0 Å². The summed E-state index contributed by atoms with van der Waals surface area (Å²) in [5.74, 6) is 0. The summed E-state index contributed by atoms with van der Waals surface area (Å²) in [5, 5.41) is 11.7. The predicted molar refractivity (Wildman–Crippen MR) is 77.9 cm³/mol. The number of H-pyrrole nitrogens is 1. The van der Waals surface area contributed by atoms with Crippen LogP contribution in [-0.4, -0.2) is 16.7 Å². The van der Waals surface area contributed by atoms with E-state index in [2.05, 4.69) is 58.0 Å². The molecule has 19 heavy (non-hydrogen) atoms. The second-order valence-corrected chi connectivity index (χ2v) is 4.70. The number of nitrogens with one attached hydrogen (secondary N) is 2. The molecule has 0 aliphatic heterocycles. The van der Waals surface area contributed by atoms with Gasteiger partial charge in [0.2, 0.25) is 0 Å². The van der Waals surface area contributed by atoms with E-state index in [0.29, 0.717) is 0 Å². The Hall–Kier alpha value is -2.13. The Morgan fingerprint density at radius 3 is 2.79 bits per heavy atom. The van der Waals surface area contributed by atoms with Gasteiger partial charge < -0.3 is 5.32 Å². The van der Waals surface area contributed by atoms with Crippen LogP contribution in [0.25, 0.3) is 10.9 Å². The number of aromatic nitrogens is 2. The van der Waals surface area contributed by atoms with Gasteiger partial charge in [-0.05, 0) is 30.2 Å². The fourth-order valence-corrected chi connectivity index (χ4v) is 2.20. The molecule has 0 atom stereocenters. The quantitative estimate of drug-likeness (QED) is 0.685. The van der Waals surface area contributed by atoms with Crippen molar-refractivity contribution in [2.24, 2.45) is 0 Å². The van der Waals surface area contributed by atoms with Crippen molar-refractivity contribution in [3.05, 3.63) is 65.9 Å². The first-order valence-electron chi connectivity index (χ1n) is 6.58. The topological polar surface area (TPSA) is 40.7 Å². The second kappa shape index (κ2) is 5.67. The molecule has 3 nitrogen and oxygen atoms in total. The molecule has 0 radical (unpaired) electrons. The maximum atomic E-state index is 4.04. The van der Waals surface area contributed by atoms with Gasteiger partial charge in [0.15, 0.2) is 0 Å². The first kappa shape index (κ1) is 11.9. The summed E-state index contributed by atoms with van der Waals surface area (Å²) in [6, 6.07) is 16.9. The van der Waals surface area contributed by atoms with Crippen molar-refractivity contribution in [3.8, 4) is 0 Å². The van der Waals surface area contributed by atoms with E-state index in [1.165, 1.54) is 16.5 Å². The van der Waals surface area contributed by atoms with Gasteiger partial charge in [0.05, 0.1) is 11.7 Å². The number of hydrogen-bond acceptors (Lipinski definition) is 2. The van der Waals surface area contributed by atoms with E-state index in [-0.39, 0.29) is 0 Å². The summed E-state index contributed by atoms with van der Waals surface area (Å²) in [6.07, 6.45) is 2.88. The summed E-state index contributed by atoms with van der Waals surface area (Å²) in [7, 11) is 0. The van der Waals surface area contributed by atoms with Crippen molar-refractivity contribution >= 4 is 10.9 Å². The van der Waals surface area contributed by atoms with Crippen LogP contribution in [0.5, 0.6) is 0 Å². The van der Waals surface area contributed by atoms with Gasteiger partial charge in [0.1, 0.15) is 0 Å². The van der Waals surface area contributed by atoms with E-state index in [1.807, 2.05) is 12.3 Å². The summed E-state index contributed by atoms with van der Waals surface area (Å²) in [5.41, 5.74) is 3.77. The summed E-state index contributed by atoms with van der Waals surface area (Å²) >= 11 is 0. The maximum absolute atomic E-state index is 4.04. The van der Waals surface area contributed by atoms with Crippen molar-refractivity contribution in [1.29, 1.82) is 0 Å². The number of hydrogen-bond donors (Lipinski definition) is 2. The molecule has 0 bridgehead atoms. The third-order valence-corrected chi connectivity index (χ3v) is 3.27. The van der Waals surface area contributed by atoms with Crippen molar-refractivity contribution in [1.82, 2.24) is 15.5 Å². The monoisotopic (exact) mass is 251 g/mol. The SMILES string of the molecule is c1ccc(CNCCc2ccc3cn[nH]c3c2)cc1. The molecule has 0 aliphatic carbocycles. The average Bonchev–Trinajstić information content (AvgIpc) is 2.92. The highest BCUT2D eigenvalue weighted by molar-refractivity contribution is 5.78. The number of fused-ring (bicyclic) bond motifs is 1. The van der Waals surface area contributed by atoms with Crippen LogP contribution in [-0.2, 0) is 13.0 Å². The van der Waals surface area contributed by atoms with Crippen LogP contribution in [0, 0.1) is 0 Å². The predicted octanol–water partition coefficient (Wildman–Crippen LogP) is 2.90. The molecule has 3 rings (SSSR count). The smallest absolute Gasteiger partial charge is 0.0653 e. The number of nitrogens with zero attached hydrogens (tertiary/aromatic N) is 1. The zero-order valence-corrected chi connectivity index (χ0v) is 10.8. The molecule has 0 unspecified atom stereocenters. The lowest BCUT2D eigenvalue weighted by Gasteiger charge is -2.05. The normalized spacial score (nSPS) is 10.9. The maximum Gasteiger partial charge on any atom is 0.0653 e. The zero-order valence-electron chi connectivity index (χ0n) is 10.8. The van der Waals surface area contributed by atoms with Crippen LogP contribution in [0.4, 0.5) is 0 Å². The number of benzene rings is 2. The molecule has 96 valence electrons. The fourth-order valence-electron chi connectivity index (χ4n) is 2.20. The van der Waals surface area contributed by atoms with E-state index < -0.39 is 0 Å². The number of aromatic amines is 1. The van der Waals surface area contributed by atoms with Gasteiger partial charge in [0, 0.05) is 11.9 Å². The van der Waals surface area contributed by atoms with Gasteiger partial charge in [0.25, 0.3) is 0 Å². The minimum absolute atomic E-state index is 0.924. The molecule has 2 N–H and O–H groups in total. The Morgan fingerprint density at radius 1 is 1.00 bits per heavy atom. The first-order valence-corrected chi connectivity index (χ1v) is 6.58. The third-order valence-electron chi connectivity index (χ3n) is 3.27. The van der Waals surface area contributed by atoms with Crippen molar-refractivity contribution in [2.75, 3.05) is 6.54 Å². The summed E-state index contributed by atoms with van der Waals surface area (Å²) < 4.78 is 0. The standard InChI is InChI=1S/C16H17N3/c1-2-4-14(5-3-1)11-17-9-8-13-6-7-15-12-18-19-16(15)10-13/h1-7,10,12,17H,8-9,11H2,(H,18,19). The Bertz CT molecular complexity index is 643. The van der Waals surface area contributed by atoms with E-state index in [1.54, 1.807) is 0 Å². The molecule has 0 fully saturated rings. The third kappa shape index (κ3) is 3.01. The van der Waals surface area contributed by atoms with E-state index in [0.717, 1.165) is 25.0 Å². The lowest BCUT2D eigenvalue weighted by Crippen LogP contribution is -2.16. The van der Waals surface area contributed by atoms with Crippen molar-refractivity contribution < 1.29 is 0 Å². The highest BCUT2D eigenvalue weighted by Crippen LogP contribution is 2.12. The van der Waals surface area contributed by atoms with Gasteiger partial charge in [-0.1, -0.05) is 42.5 Å². The molecule has 0 spiro atoms. The van der Waals surface area contributed by atoms with Crippen LogP contribution in [0.1, 0.15) is 11.1 Å². The Kier molecular flexibility index (Phi) is 3.56. The molecule has 0 saturated carbocycles. The number of rotatable bonds is 5. The summed E-state index contributed by atoms with van der Waals surface area (Å²) in [6.45, 7) is 1.90. The lowest BCUT2D eigenvalue weighted by atomic mass is 10.1. The van der Waals surface area contributed by atoms with Gasteiger partial charge in [-0.3, -0.25) is 5.10 Å². The van der Waals surface area contributed by atoms with Crippen LogP contribution in [0.3, 0.4) is 0 Å². The molecule has 0 aliphatic rings. The minimum atomic E-state index is 0.924. The Labute approximate surface area is 112 Å². The molecule has 0 saturated heterocycles. The molecule has 1 heterocycles. The molecular formula is C16H17N3. The summed E-state index contributed by atoms with van der Waals surface area (Å²) in [4.78, 5) is 0. The largest absolute Gasteiger partial charge is 0.312 e. The lowest BCUT2D eigenvalue weighted by molar-refractivity contribution is 0.687. The van der Waals surface area contributed by atoms with E-state index >= 15 is 0 Å². The molecule has 1 aromatic heterocycles. The molecule has 3 aromatic rings. The molecule has 3 heteroatoms. The van der Waals surface area contributed by atoms with E-state index in [4.69, 9.17) is 0 Å². The van der Waals surface area contributed by atoms with Crippen LogP contribution in [0.2, 0.25) is 0 Å². The molecule has 0 amide bonds. The van der Waals surface area contributed by atoms with Crippen LogP contribution < -0.4 is 5.32 Å². The van der Waals surface area contributed by atoms with Gasteiger partial charge in [-0.25, -0.2) is 0 Å². The van der Waals surface area contributed by atoms with Gasteiger partial charge >= 0.3 is 0 Å². The highest BCUT2D eigenvalue weighted by Gasteiger charge is 1.98. The van der Waals surface area contributed by atoms with Crippen LogP contribution >= 0.6 is 0 Å².